The van der Waals surface area contributed by atoms with Gasteiger partial charge in [0.15, 0.2) is 0 Å². The van der Waals surface area contributed by atoms with Gasteiger partial charge in [-0.25, -0.2) is 0 Å². The van der Waals surface area contributed by atoms with E-state index in [-0.39, 0.29) is 5.38 Å². The van der Waals surface area contributed by atoms with Crippen molar-refractivity contribution in [3.05, 3.63) is 48.2 Å². The van der Waals surface area contributed by atoms with Crippen LogP contribution in [-0.4, -0.2) is 17.0 Å². The highest BCUT2D eigenvalue weighted by Crippen LogP contribution is 2.21. The fraction of sp³-hybridized carbons (Fsp3) is 0.476. The molecule has 1 aromatic heterocycles. The quantitative estimate of drug-likeness (QED) is 0.374. The molecule has 2 rings (SSSR count). The first kappa shape index (κ1) is 18.8. The number of rotatable bonds is 10. The number of halogens is 1. The zero-order valence-corrected chi connectivity index (χ0v) is 15.6. The first-order chi connectivity index (χ1) is 11.7. The molecule has 0 saturated heterocycles. The Balaban J connectivity index is 1.88. The van der Waals surface area contributed by atoms with Gasteiger partial charge < -0.3 is 4.74 Å². The summed E-state index contributed by atoms with van der Waals surface area (Å²) in [6, 6.07) is 12.4. The lowest BCUT2D eigenvalue weighted by molar-refractivity contribution is 0.307. The van der Waals surface area contributed by atoms with E-state index < -0.39 is 0 Å². The molecule has 130 valence electrons. The lowest BCUT2D eigenvalue weighted by atomic mass is 10.1. The molecule has 3 heteroatoms. The molecule has 2 nitrogen and oxygen atoms in total. The molecule has 0 amide bonds. The highest BCUT2D eigenvalue weighted by molar-refractivity contribution is 6.20. The van der Waals surface area contributed by atoms with Gasteiger partial charge in [-0.2, -0.15) is 0 Å². The number of pyridine rings is 1. The molecule has 1 aromatic carbocycles. The van der Waals surface area contributed by atoms with E-state index >= 15 is 0 Å². The third kappa shape index (κ3) is 6.16. The number of aryl methyl sites for hydroxylation is 1. The second-order valence-corrected chi connectivity index (χ2v) is 6.79. The lowest BCUT2D eigenvalue weighted by Gasteiger charge is -2.09. The largest absolute Gasteiger partial charge is 0.494 e. The first-order valence-corrected chi connectivity index (χ1v) is 9.48. The zero-order valence-electron chi connectivity index (χ0n) is 14.8. The van der Waals surface area contributed by atoms with E-state index in [1.54, 1.807) is 0 Å². The molecule has 0 bridgehead atoms. The van der Waals surface area contributed by atoms with Crippen molar-refractivity contribution in [2.24, 2.45) is 0 Å². The number of nitrogens with zero attached hydrogens (tertiary/aromatic N) is 1. The van der Waals surface area contributed by atoms with Crippen LogP contribution in [0.3, 0.4) is 0 Å². The lowest BCUT2D eigenvalue weighted by Crippen LogP contribution is -2.05. The van der Waals surface area contributed by atoms with Gasteiger partial charge in [-0.1, -0.05) is 32.8 Å². The number of unbranched alkanes of at least 4 members (excludes halogenated alkanes) is 2. The molecule has 1 atom stereocenters. The SMILES string of the molecule is CCCCCc1ccc(-c2ccc(OCCC(Cl)CC)cc2)nc1. The van der Waals surface area contributed by atoms with Crippen molar-refractivity contribution in [1.82, 2.24) is 4.98 Å². The first-order valence-electron chi connectivity index (χ1n) is 9.05. The van der Waals surface area contributed by atoms with E-state index in [4.69, 9.17) is 16.3 Å². The summed E-state index contributed by atoms with van der Waals surface area (Å²) in [6.45, 7) is 4.98. The third-order valence-electron chi connectivity index (χ3n) is 4.19. The molecule has 0 N–H and O–H groups in total. The van der Waals surface area contributed by atoms with Crippen LogP contribution in [0.1, 0.15) is 51.5 Å². The Hall–Kier alpha value is -1.54. The Labute approximate surface area is 151 Å². The maximum Gasteiger partial charge on any atom is 0.119 e. The maximum atomic E-state index is 6.10. The molecule has 24 heavy (non-hydrogen) atoms. The van der Waals surface area contributed by atoms with Crippen LogP contribution in [0.25, 0.3) is 11.3 Å². The summed E-state index contributed by atoms with van der Waals surface area (Å²) >= 11 is 6.10. The van der Waals surface area contributed by atoms with E-state index in [0.717, 1.165) is 36.3 Å². The van der Waals surface area contributed by atoms with Gasteiger partial charge in [-0.05, 0) is 61.6 Å². The number of hydrogen-bond acceptors (Lipinski definition) is 2. The normalized spacial score (nSPS) is 12.1. The highest BCUT2D eigenvalue weighted by Gasteiger charge is 2.03. The minimum Gasteiger partial charge on any atom is -0.494 e. The van der Waals surface area contributed by atoms with E-state index in [0.29, 0.717) is 6.61 Å². The minimum absolute atomic E-state index is 0.198. The number of alkyl halides is 1. The number of hydrogen-bond donors (Lipinski definition) is 0. The maximum absolute atomic E-state index is 6.10. The Morgan fingerprint density at radius 3 is 2.46 bits per heavy atom. The fourth-order valence-corrected chi connectivity index (χ4v) is 2.64. The standard InChI is InChI=1S/C21H28ClNO/c1-3-5-6-7-17-8-13-21(23-16-17)18-9-11-20(12-10-18)24-15-14-19(22)4-2/h8-13,16,19H,3-7,14-15H2,1-2H3. The van der Waals surface area contributed by atoms with E-state index in [9.17, 15) is 0 Å². The molecule has 0 spiro atoms. The third-order valence-corrected chi connectivity index (χ3v) is 4.71. The van der Waals surface area contributed by atoms with Crippen molar-refractivity contribution in [3.8, 4) is 17.0 Å². The molecule has 0 saturated carbocycles. The van der Waals surface area contributed by atoms with Gasteiger partial charge in [0.1, 0.15) is 5.75 Å². The highest BCUT2D eigenvalue weighted by atomic mass is 35.5. The summed E-state index contributed by atoms with van der Waals surface area (Å²) in [6.07, 6.45) is 8.75. The smallest absolute Gasteiger partial charge is 0.119 e. The number of ether oxygens (including phenoxy) is 1. The average Bonchev–Trinajstić information content (AvgIpc) is 2.63. The molecule has 0 radical (unpaired) electrons. The topological polar surface area (TPSA) is 22.1 Å². The van der Waals surface area contributed by atoms with Crippen molar-refractivity contribution in [1.29, 1.82) is 0 Å². The van der Waals surface area contributed by atoms with Crippen LogP contribution in [0.2, 0.25) is 0 Å². The van der Waals surface area contributed by atoms with E-state index in [1.165, 1.54) is 24.8 Å². The van der Waals surface area contributed by atoms with Gasteiger partial charge >= 0.3 is 0 Å². The summed E-state index contributed by atoms with van der Waals surface area (Å²) in [5.41, 5.74) is 3.44. The molecular weight excluding hydrogens is 318 g/mol. The molecule has 1 heterocycles. The summed E-state index contributed by atoms with van der Waals surface area (Å²) in [7, 11) is 0. The zero-order chi connectivity index (χ0) is 17.2. The van der Waals surface area contributed by atoms with Crippen molar-refractivity contribution in [2.45, 2.75) is 57.7 Å². The molecule has 0 aliphatic heterocycles. The van der Waals surface area contributed by atoms with Crippen LogP contribution >= 0.6 is 11.6 Å². The summed E-state index contributed by atoms with van der Waals surface area (Å²) < 4.78 is 5.74. The van der Waals surface area contributed by atoms with Crippen molar-refractivity contribution < 1.29 is 4.74 Å². The van der Waals surface area contributed by atoms with E-state index in [1.807, 2.05) is 18.3 Å². The van der Waals surface area contributed by atoms with Crippen molar-refractivity contribution in [3.63, 3.8) is 0 Å². The minimum atomic E-state index is 0.198. The van der Waals surface area contributed by atoms with Crippen LogP contribution in [0.5, 0.6) is 5.75 Å². The number of aromatic nitrogens is 1. The molecule has 1 unspecified atom stereocenters. The summed E-state index contributed by atoms with van der Waals surface area (Å²) in [5.74, 6) is 0.884. The monoisotopic (exact) mass is 345 g/mol. The number of benzene rings is 1. The fourth-order valence-electron chi connectivity index (χ4n) is 2.55. The second kappa shape index (κ2) is 10.4. The molecular formula is C21H28ClNO. The Bertz CT molecular complexity index is 580. The van der Waals surface area contributed by atoms with Crippen molar-refractivity contribution in [2.75, 3.05) is 6.61 Å². The van der Waals surface area contributed by atoms with E-state index in [2.05, 4.69) is 43.1 Å². The predicted molar refractivity (Wildman–Crippen MR) is 103 cm³/mol. The Kier molecular flexibility index (Phi) is 8.11. The van der Waals surface area contributed by atoms with Crippen LogP contribution in [-0.2, 0) is 6.42 Å². The summed E-state index contributed by atoms with van der Waals surface area (Å²) in [4.78, 5) is 4.60. The van der Waals surface area contributed by atoms with Crippen molar-refractivity contribution >= 4 is 11.6 Å². The summed E-state index contributed by atoms with van der Waals surface area (Å²) in [5, 5.41) is 0.198. The molecule has 0 aliphatic rings. The average molecular weight is 346 g/mol. The molecule has 2 aromatic rings. The van der Waals surface area contributed by atoms with Gasteiger partial charge in [-0.3, -0.25) is 4.98 Å². The van der Waals surface area contributed by atoms with Crippen LogP contribution in [0, 0.1) is 0 Å². The van der Waals surface area contributed by atoms with Gasteiger partial charge in [0.05, 0.1) is 12.3 Å². The molecule has 0 aliphatic carbocycles. The Morgan fingerprint density at radius 1 is 1.04 bits per heavy atom. The van der Waals surface area contributed by atoms with Crippen LogP contribution < -0.4 is 4.74 Å². The van der Waals surface area contributed by atoms with Crippen LogP contribution in [0.4, 0.5) is 0 Å². The van der Waals surface area contributed by atoms with Gasteiger partial charge in [-0.15, -0.1) is 11.6 Å². The Morgan fingerprint density at radius 2 is 1.83 bits per heavy atom. The van der Waals surface area contributed by atoms with Gasteiger partial charge in [0.2, 0.25) is 0 Å². The predicted octanol–water partition coefficient (Wildman–Crippen LogP) is 6.27. The van der Waals surface area contributed by atoms with Gasteiger partial charge in [0.25, 0.3) is 0 Å². The second-order valence-electron chi connectivity index (χ2n) is 6.18. The van der Waals surface area contributed by atoms with Gasteiger partial charge in [0, 0.05) is 17.1 Å². The molecule has 0 fully saturated rings. The van der Waals surface area contributed by atoms with Crippen LogP contribution in [0.15, 0.2) is 42.6 Å².